The predicted octanol–water partition coefficient (Wildman–Crippen LogP) is 3.93. The van der Waals surface area contributed by atoms with Crippen molar-refractivity contribution in [2.45, 2.75) is 51.7 Å². The molecule has 0 amide bonds. The summed E-state index contributed by atoms with van der Waals surface area (Å²) in [7, 11) is 0. The molecule has 0 aliphatic heterocycles. The van der Waals surface area contributed by atoms with Gasteiger partial charge in [-0.3, -0.25) is 0 Å². The Labute approximate surface area is 126 Å². The average Bonchev–Trinajstić information content (AvgIpc) is 2.90. The Morgan fingerprint density at radius 1 is 1.10 bits per heavy atom. The average molecular weight is 285 g/mol. The van der Waals surface area contributed by atoms with E-state index >= 15 is 0 Å². The molecule has 0 spiro atoms. The molecule has 0 saturated heterocycles. The van der Waals surface area contributed by atoms with Gasteiger partial charge >= 0.3 is 0 Å². The smallest absolute Gasteiger partial charge is 0.171 e. The summed E-state index contributed by atoms with van der Waals surface area (Å²) in [5, 5.41) is 0. The highest BCUT2D eigenvalue weighted by molar-refractivity contribution is 5.37. The van der Waals surface area contributed by atoms with Crippen molar-refractivity contribution in [2.24, 2.45) is 5.73 Å². The summed E-state index contributed by atoms with van der Waals surface area (Å²) in [6.07, 6.45) is 4.64. The third-order valence-corrected chi connectivity index (χ3v) is 4.10. The third-order valence-electron chi connectivity index (χ3n) is 4.10. The van der Waals surface area contributed by atoms with Crippen LogP contribution in [0.2, 0.25) is 0 Å². The fourth-order valence-electron chi connectivity index (χ4n) is 2.96. The van der Waals surface area contributed by atoms with E-state index in [-0.39, 0.29) is 12.1 Å². The van der Waals surface area contributed by atoms with E-state index in [0.29, 0.717) is 0 Å². The van der Waals surface area contributed by atoms with Gasteiger partial charge < -0.3 is 14.9 Å². The Kier molecular flexibility index (Phi) is 4.02. The molecule has 1 aromatic carbocycles. The lowest BCUT2D eigenvalue weighted by Crippen LogP contribution is -2.28. The molecule has 1 aliphatic rings. The Balaban J connectivity index is 1.83. The largest absolute Gasteiger partial charge is 0.481 e. The van der Waals surface area contributed by atoms with Crippen LogP contribution in [-0.2, 0) is 12.8 Å². The topological polar surface area (TPSA) is 48.4 Å². The van der Waals surface area contributed by atoms with Gasteiger partial charge in [-0.1, -0.05) is 6.07 Å². The van der Waals surface area contributed by atoms with Gasteiger partial charge in [-0.2, -0.15) is 0 Å². The third kappa shape index (κ3) is 3.13. The maximum absolute atomic E-state index is 6.12. The van der Waals surface area contributed by atoms with Crippen LogP contribution in [0.4, 0.5) is 0 Å². The molecule has 1 heterocycles. The zero-order chi connectivity index (χ0) is 14.8. The second-order valence-corrected chi connectivity index (χ2v) is 5.98. The van der Waals surface area contributed by atoms with E-state index in [1.807, 2.05) is 26.0 Å². The molecule has 21 heavy (non-hydrogen) atoms. The van der Waals surface area contributed by atoms with E-state index < -0.39 is 0 Å². The van der Waals surface area contributed by atoms with Crippen LogP contribution in [0.25, 0.3) is 0 Å². The van der Waals surface area contributed by atoms with E-state index in [2.05, 4.69) is 18.2 Å². The maximum Gasteiger partial charge on any atom is 0.171 e. The van der Waals surface area contributed by atoms with Crippen LogP contribution in [0.1, 0.15) is 48.5 Å². The van der Waals surface area contributed by atoms with E-state index in [1.54, 1.807) is 0 Å². The SMILES string of the molecule is Cc1ccc(C(Oc2ccc3c(c2)CCCC3)C(C)N)o1. The lowest BCUT2D eigenvalue weighted by Gasteiger charge is -2.22. The molecule has 2 unspecified atom stereocenters. The van der Waals surface area contributed by atoms with Crippen LogP contribution in [0.15, 0.2) is 34.7 Å². The Hall–Kier alpha value is -1.74. The standard InChI is InChI=1S/C18H23NO2/c1-12-7-10-17(20-12)18(13(2)19)21-16-9-8-14-5-3-4-6-15(14)11-16/h7-11,13,18H,3-6,19H2,1-2H3. The van der Waals surface area contributed by atoms with Crippen molar-refractivity contribution in [1.82, 2.24) is 0 Å². The molecule has 2 atom stereocenters. The monoisotopic (exact) mass is 285 g/mol. The minimum Gasteiger partial charge on any atom is -0.481 e. The molecule has 0 fully saturated rings. The molecule has 3 rings (SSSR count). The molecular weight excluding hydrogens is 262 g/mol. The first kappa shape index (κ1) is 14.2. The highest BCUT2D eigenvalue weighted by Gasteiger charge is 2.22. The summed E-state index contributed by atoms with van der Waals surface area (Å²) in [6.45, 7) is 3.88. The second-order valence-electron chi connectivity index (χ2n) is 5.98. The van der Waals surface area contributed by atoms with Gasteiger partial charge in [0.05, 0.1) is 0 Å². The minimum atomic E-state index is -0.250. The molecule has 112 valence electrons. The normalized spacial score (nSPS) is 17.1. The van der Waals surface area contributed by atoms with Gasteiger partial charge in [0.1, 0.15) is 17.3 Å². The number of nitrogens with two attached hydrogens (primary N) is 1. The summed E-state index contributed by atoms with van der Waals surface area (Å²) in [4.78, 5) is 0. The minimum absolute atomic E-state index is 0.133. The van der Waals surface area contributed by atoms with Gasteiger partial charge in [-0.05, 0) is 74.9 Å². The highest BCUT2D eigenvalue weighted by atomic mass is 16.5. The number of furan rings is 1. The summed E-state index contributed by atoms with van der Waals surface area (Å²) in [6, 6.07) is 10.2. The molecule has 1 aliphatic carbocycles. The first-order chi connectivity index (χ1) is 10.1. The van der Waals surface area contributed by atoms with E-state index in [9.17, 15) is 0 Å². The molecule has 1 aromatic heterocycles. The number of rotatable bonds is 4. The molecule has 2 aromatic rings. The fraction of sp³-hybridized carbons (Fsp3) is 0.444. The highest BCUT2D eigenvalue weighted by Crippen LogP contribution is 2.30. The Morgan fingerprint density at radius 2 is 1.86 bits per heavy atom. The van der Waals surface area contributed by atoms with E-state index in [0.717, 1.165) is 23.7 Å². The van der Waals surface area contributed by atoms with Gasteiger partial charge in [-0.15, -0.1) is 0 Å². The number of benzene rings is 1. The molecule has 3 nitrogen and oxygen atoms in total. The first-order valence-electron chi connectivity index (χ1n) is 7.74. The lowest BCUT2D eigenvalue weighted by atomic mass is 9.92. The zero-order valence-electron chi connectivity index (χ0n) is 12.8. The zero-order valence-corrected chi connectivity index (χ0v) is 12.8. The van der Waals surface area contributed by atoms with E-state index in [4.69, 9.17) is 14.9 Å². The van der Waals surface area contributed by atoms with Crippen molar-refractivity contribution in [3.05, 3.63) is 53.0 Å². The van der Waals surface area contributed by atoms with Gasteiger partial charge in [0.25, 0.3) is 0 Å². The quantitative estimate of drug-likeness (QED) is 0.925. The summed E-state index contributed by atoms with van der Waals surface area (Å²) < 4.78 is 11.8. The van der Waals surface area contributed by atoms with Crippen molar-refractivity contribution in [3.8, 4) is 5.75 Å². The van der Waals surface area contributed by atoms with Crippen LogP contribution < -0.4 is 10.5 Å². The molecule has 0 saturated carbocycles. The van der Waals surface area contributed by atoms with Crippen LogP contribution >= 0.6 is 0 Å². The van der Waals surface area contributed by atoms with Crippen LogP contribution in [0, 0.1) is 6.92 Å². The molecule has 0 bridgehead atoms. The van der Waals surface area contributed by atoms with Crippen molar-refractivity contribution in [1.29, 1.82) is 0 Å². The summed E-state index contributed by atoms with van der Waals surface area (Å²) in [5.74, 6) is 2.55. The van der Waals surface area contributed by atoms with Crippen LogP contribution in [0.3, 0.4) is 0 Å². The first-order valence-corrected chi connectivity index (χ1v) is 7.74. The van der Waals surface area contributed by atoms with Crippen molar-refractivity contribution >= 4 is 0 Å². The summed E-state index contributed by atoms with van der Waals surface area (Å²) in [5.41, 5.74) is 8.95. The van der Waals surface area contributed by atoms with Crippen molar-refractivity contribution in [3.63, 3.8) is 0 Å². The Bertz CT molecular complexity index is 615. The van der Waals surface area contributed by atoms with Crippen molar-refractivity contribution in [2.75, 3.05) is 0 Å². The van der Waals surface area contributed by atoms with Crippen LogP contribution in [0.5, 0.6) is 5.75 Å². The predicted molar refractivity (Wildman–Crippen MR) is 83.5 cm³/mol. The number of ether oxygens (including phenoxy) is 1. The van der Waals surface area contributed by atoms with Crippen molar-refractivity contribution < 1.29 is 9.15 Å². The molecular formula is C18H23NO2. The number of fused-ring (bicyclic) bond motifs is 1. The van der Waals surface area contributed by atoms with Gasteiger partial charge in [0.2, 0.25) is 0 Å². The Morgan fingerprint density at radius 3 is 2.52 bits per heavy atom. The van der Waals surface area contributed by atoms with Gasteiger partial charge in [-0.25, -0.2) is 0 Å². The van der Waals surface area contributed by atoms with E-state index in [1.165, 1.54) is 30.4 Å². The van der Waals surface area contributed by atoms with Gasteiger partial charge in [0, 0.05) is 6.04 Å². The fourth-order valence-corrected chi connectivity index (χ4v) is 2.96. The maximum atomic E-state index is 6.12. The molecule has 3 heteroatoms. The van der Waals surface area contributed by atoms with Gasteiger partial charge in [0.15, 0.2) is 6.10 Å². The number of hydrogen-bond acceptors (Lipinski definition) is 3. The number of hydrogen-bond donors (Lipinski definition) is 1. The molecule has 2 N–H and O–H groups in total. The molecule has 0 radical (unpaired) electrons. The second kappa shape index (κ2) is 5.94. The number of aryl methyl sites for hydroxylation is 3. The summed E-state index contributed by atoms with van der Waals surface area (Å²) >= 11 is 0. The lowest BCUT2D eigenvalue weighted by molar-refractivity contribution is 0.151. The van der Waals surface area contributed by atoms with Crippen LogP contribution in [-0.4, -0.2) is 6.04 Å².